The van der Waals surface area contributed by atoms with Crippen LogP contribution in [0.4, 0.5) is 9.52 Å². The van der Waals surface area contributed by atoms with Gasteiger partial charge < -0.3 is 14.9 Å². The molecule has 1 fully saturated rings. The Morgan fingerprint density at radius 2 is 1.93 bits per heavy atom. The SMILES string of the molecule is COc1cc(C2/C(=C(/O)c3ccc(F)cc3)C(=O)C(=O)N2c2nncs2)ccc1O. The standard InChI is InChI=1S/C20H14FN3O5S/c1-29-14-8-11(4-7-13(14)25)16-15(17(26)10-2-5-12(21)6-3-10)18(27)19(28)24(16)20-23-22-9-30-20/h2-9,16,25-26H,1H3/b17-15-. The number of ether oxygens (including phenoxy) is 1. The summed E-state index contributed by atoms with van der Waals surface area (Å²) < 4.78 is 18.4. The minimum Gasteiger partial charge on any atom is -0.507 e. The number of phenolic OH excluding ortho intramolecular Hbond substituents is 1. The fourth-order valence-electron chi connectivity index (χ4n) is 3.24. The van der Waals surface area contributed by atoms with E-state index in [1.807, 2.05) is 0 Å². The predicted octanol–water partition coefficient (Wildman–Crippen LogP) is 3.02. The lowest BCUT2D eigenvalue weighted by Crippen LogP contribution is -2.29. The fraction of sp³-hybridized carbons (Fsp3) is 0.100. The van der Waals surface area contributed by atoms with Gasteiger partial charge in [-0.2, -0.15) is 0 Å². The summed E-state index contributed by atoms with van der Waals surface area (Å²) in [6.45, 7) is 0. The molecule has 0 radical (unpaired) electrons. The van der Waals surface area contributed by atoms with Gasteiger partial charge in [0, 0.05) is 5.56 Å². The third-order valence-electron chi connectivity index (χ3n) is 4.64. The highest BCUT2D eigenvalue weighted by molar-refractivity contribution is 7.13. The second kappa shape index (κ2) is 7.56. The highest BCUT2D eigenvalue weighted by Gasteiger charge is 2.48. The molecule has 0 saturated carbocycles. The van der Waals surface area contributed by atoms with Gasteiger partial charge in [-0.25, -0.2) is 4.39 Å². The van der Waals surface area contributed by atoms with Crippen LogP contribution in [0.2, 0.25) is 0 Å². The van der Waals surface area contributed by atoms with E-state index < -0.39 is 29.3 Å². The van der Waals surface area contributed by atoms with Crippen molar-refractivity contribution in [3.8, 4) is 11.5 Å². The van der Waals surface area contributed by atoms with Crippen molar-refractivity contribution in [3.63, 3.8) is 0 Å². The van der Waals surface area contributed by atoms with E-state index in [0.29, 0.717) is 5.56 Å². The number of aliphatic hydroxyl groups excluding tert-OH is 1. The van der Waals surface area contributed by atoms with Crippen LogP contribution < -0.4 is 9.64 Å². The Bertz CT molecular complexity index is 1160. The van der Waals surface area contributed by atoms with Gasteiger partial charge in [0.1, 0.15) is 17.1 Å². The molecule has 4 rings (SSSR count). The number of rotatable bonds is 4. The Hall–Kier alpha value is -3.79. The van der Waals surface area contributed by atoms with Crippen molar-refractivity contribution in [3.05, 3.63) is 70.5 Å². The minimum absolute atomic E-state index is 0.122. The number of carbonyl (C=O) groups is 2. The zero-order valence-corrected chi connectivity index (χ0v) is 16.3. The molecule has 1 aliphatic rings. The normalized spacial score (nSPS) is 18.1. The molecule has 10 heteroatoms. The van der Waals surface area contributed by atoms with Crippen molar-refractivity contribution < 1.29 is 28.9 Å². The van der Waals surface area contributed by atoms with E-state index in [1.165, 1.54) is 43.0 Å². The Kier molecular flexibility index (Phi) is 4.92. The van der Waals surface area contributed by atoms with Crippen molar-refractivity contribution >= 4 is 33.9 Å². The van der Waals surface area contributed by atoms with Gasteiger partial charge in [0.05, 0.1) is 18.7 Å². The van der Waals surface area contributed by atoms with Gasteiger partial charge in [-0.05, 0) is 42.0 Å². The second-order valence-corrected chi connectivity index (χ2v) is 7.14. The van der Waals surface area contributed by atoms with Crippen molar-refractivity contribution in [1.82, 2.24) is 10.2 Å². The number of carbonyl (C=O) groups excluding carboxylic acids is 2. The van der Waals surface area contributed by atoms with Crippen LogP contribution in [0.25, 0.3) is 5.76 Å². The number of aromatic nitrogens is 2. The number of Topliss-reactive ketones (excluding diaryl/α,β-unsaturated/α-hetero) is 1. The van der Waals surface area contributed by atoms with Crippen LogP contribution >= 0.6 is 11.3 Å². The summed E-state index contributed by atoms with van der Waals surface area (Å²) in [4.78, 5) is 26.9. The molecule has 0 bridgehead atoms. The van der Waals surface area contributed by atoms with Gasteiger partial charge in [0.25, 0.3) is 5.78 Å². The fourth-order valence-corrected chi connectivity index (χ4v) is 3.83. The highest BCUT2D eigenvalue weighted by Crippen LogP contribution is 2.44. The van der Waals surface area contributed by atoms with E-state index in [0.717, 1.165) is 28.4 Å². The first-order valence-corrected chi connectivity index (χ1v) is 9.50. The lowest BCUT2D eigenvalue weighted by molar-refractivity contribution is -0.132. The summed E-state index contributed by atoms with van der Waals surface area (Å²) >= 11 is 1.05. The molecule has 2 N–H and O–H groups in total. The molecule has 0 aliphatic carbocycles. The van der Waals surface area contributed by atoms with E-state index in [2.05, 4.69) is 10.2 Å². The number of amides is 1. The maximum absolute atomic E-state index is 13.3. The first-order chi connectivity index (χ1) is 14.4. The van der Waals surface area contributed by atoms with Gasteiger partial charge in [0.15, 0.2) is 11.5 Å². The van der Waals surface area contributed by atoms with E-state index in [1.54, 1.807) is 0 Å². The summed E-state index contributed by atoms with van der Waals surface area (Å²) in [5, 5.41) is 28.6. The molecular weight excluding hydrogens is 413 g/mol. The number of anilines is 1. The van der Waals surface area contributed by atoms with Crippen LogP contribution in [0.3, 0.4) is 0 Å². The Balaban J connectivity index is 1.95. The number of hydrogen-bond donors (Lipinski definition) is 2. The van der Waals surface area contributed by atoms with E-state index in [4.69, 9.17) is 4.74 Å². The van der Waals surface area contributed by atoms with Crippen LogP contribution in [0.5, 0.6) is 11.5 Å². The van der Waals surface area contributed by atoms with Crippen molar-refractivity contribution in [2.45, 2.75) is 6.04 Å². The molecule has 3 aromatic rings. The molecule has 0 spiro atoms. The molecule has 2 heterocycles. The van der Waals surface area contributed by atoms with Gasteiger partial charge >= 0.3 is 5.91 Å². The number of benzene rings is 2. The zero-order chi connectivity index (χ0) is 21.4. The van der Waals surface area contributed by atoms with Gasteiger partial charge in [-0.1, -0.05) is 17.4 Å². The molecule has 1 unspecified atom stereocenters. The number of phenols is 1. The number of aromatic hydroxyl groups is 1. The Morgan fingerprint density at radius 1 is 1.20 bits per heavy atom. The minimum atomic E-state index is -1.06. The summed E-state index contributed by atoms with van der Waals surface area (Å²) in [5.41, 5.74) is 1.77. The molecule has 1 atom stereocenters. The Morgan fingerprint density at radius 3 is 2.57 bits per heavy atom. The summed E-state index contributed by atoms with van der Waals surface area (Å²) in [5.74, 6) is -2.81. The smallest absolute Gasteiger partial charge is 0.301 e. The maximum Gasteiger partial charge on any atom is 0.301 e. The highest BCUT2D eigenvalue weighted by atomic mass is 32.1. The van der Waals surface area contributed by atoms with Crippen molar-refractivity contribution in [2.75, 3.05) is 12.0 Å². The largest absolute Gasteiger partial charge is 0.507 e. The molecule has 1 aromatic heterocycles. The lowest BCUT2D eigenvalue weighted by Gasteiger charge is -2.23. The van der Waals surface area contributed by atoms with E-state index in [9.17, 15) is 24.2 Å². The zero-order valence-electron chi connectivity index (χ0n) is 15.4. The van der Waals surface area contributed by atoms with Crippen molar-refractivity contribution in [1.29, 1.82) is 0 Å². The predicted molar refractivity (Wildman–Crippen MR) is 106 cm³/mol. The van der Waals surface area contributed by atoms with Crippen LogP contribution in [0, 0.1) is 5.82 Å². The average Bonchev–Trinajstić information content (AvgIpc) is 3.35. The first-order valence-electron chi connectivity index (χ1n) is 8.62. The van der Waals surface area contributed by atoms with Gasteiger partial charge in [-0.3, -0.25) is 14.5 Å². The van der Waals surface area contributed by atoms with E-state index in [-0.39, 0.29) is 27.8 Å². The second-order valence-electron chi connectivity index (χ2n) is 6.33. The van der Waals surface area contributed by atoms with Crippen LogP contribution in [0.15, 0.2) is 53.5 Å². The summed E-state index contributed by atoms with van der Waals surface area (Å²) in [7, 11) is 1.36. The third-order valence-corrected chi connectivity index (χ3v) is 5.33. The molecule has 152 valence electrons. The number of halogens is 1. The lowest BCUT2D eigenvalue weighted by atomic mass is 9.95. The number of nitrogens with zero attached hydrogens (tertiary/aromatic N) is 3. The maximum atomic E-state index is 13.3. The van der Waals surface area contributed by atoms with E-state index >= 15 is 0 Å². The number of hydrogen-bond acceptors (Lipinski definition) is 8. The van der Waals surface area contributed by atoms with Crippen molar-refractivity contribution in [2.24, 2.45) is 0 Å². The quantitative estimate of drug-likeness (QED) is 0.374. The van der Waals surface area contributed by atoms with Crippen LogP contribution in [-0.4, -0.2) is 39.2 Å². The summed E-state index contributed by atoms with van der Waals surface area (Å²) in [6, 6.07) is 8.13. The molecule has 1 saturated heterocycles. The van der Waals surface area contributed by atoms with Crippen LogP contribution in [0.1, 0.15) is 17.2 Å². The number of methoxy groups -OCH3 is 1. The molecule has 30 heavy (non-hydrogen) atoms. The molecular formula is C20H14FN3O5S. The third kappa shape index (κ3) is 3.16. The van der Waals surface area contributed by atoms with Gasteiger partial charge in [0.2, 0.25) is 5.13 Å². The number of aliphatic hydroxyl groups is 1. The topological polar surface area (TPSA) is 113 Å². The molecule has 8 nitrogen and oxygen atoms in total. The molecule has 2 aromatic carbocycles. The van der Waals surface area contributed by atoms with Gasteiger partial charge in [-0.15, -0.1) is 10.2 Å². The molecule has 1 aliphatic heterocycles. The average molecular weight is 427 g/mol. The summed E-state index contributed by atoms with van der Waals surface area (Å²) in [6.07, 6.45) is 0. The number of ketones is 1. The monoisotopic (exact) mass is 427 g/mol. The van der Waals surface area contributed by atoms with Crippen LogP contribution in [-0.2, 0) is 9.59 Å². The Labute approximate surface area is 173 Å². The first kappa shape index (κ1) is 19.5. The molecule has 1 amide bonds.